The Morgan fingerprint density at radius 1 is 1.53 bits per heavy atom. The van der Waals surface area contributed by atoms with Gasteiger partial charge in [0.25, 0.3) is 5.91 Å². The van der Waals surface area contributed by atoms with Gasteiger partial charge in [0, 0.05) is 18.5 Å². The van der Waals surface area contributed by atoms with E-state index in [4.69, 9.17) is 10.9 Å². The Morgan fingerprint density at radius 3 is 3.00 bits per heavy atom. The molecule has 88 valence electrons. The molecular formula is C12H13N3O2. The summed E-state index contributed by atoms with van der Waals surface area (Å²) in [6.07, 6.45) is 1.38. The van der Waals surface area contributed by atoms with Crippen LogP contribution in [0.4, 0.5) is 5.69 Å². The highest BCUT2D eigenvalue weighted by atomic mass is 16.4. The number of nitrogens with zero attached hydrogens (tertiary/aromatic N) is 1. The normalized spacial score (nSPS) is 9.71. The number of carbonyl (C=O) groups is 1. The maximum Gasteiger partial charge on any atom is 0.270 e. The van der Waals surface area contributed by atoms with E-state index in [1.54, 1.807) is 18.2 Å². The first-order valence-corrected chi connectivity index (χ1v) is 5.04. The van der Waals surface area contributed by atoms with Gasteiger partial charge in [-0.25, -0.2) is 0 Å². The molecular weight excluding hydrogens is 218 g/mol. The average molecular weight is 231 g/mol. The van der Waals surface area contributed by atoms with Crippen molar-refractivity contribution in [2.75, 3.05) is 11.9 Å². The summed E-state index contributed by atoms with van der Waals surface area (Å²) in [4.78, 5) is 11.2. The van der Waals surface area contributed by atoms with Crippen LogP contribution in [0, 0.1) is 11.8 Å². The number of hydrogen-bond acceptors (Lipinski definition) is 4. The third-order valence-corrected chi connectivity index (χ3v) is 1.85. The molecule has 0 bridgehead atoms. The van der Waals surface area contributed by atoms with E-state index in [0.29, 0.717) is 24.2 Å². The van der Waals surface area contributed by atoms with Gasteiger partial charge in [0.1, 0.15) is 6.21 Å². The van der Waals surface area contributed by atoms with Crippen LogP contribution in [0.25, 0.3) is 0 Å². The molecule has 0 spiro atoms. The van der Waals surface area contributed by atoms with Crippen LogP contribution in [0.15, 0.2) is 29.4 Å². The zero-order valence-electron chi connectivity index (χ0n) is 9.18. The quantitative estimate of drug-likeness (QED) is 0.311. The number of hydrogen-bond donors (Lipinski definition) is 3. The topological polar surface area (TPSA) is 87.7 Å². The molecule has 17 heavy (non-hydrogen) atoms. The first-order chi connectivity index (χ1) is 8.27. The predicted octanol–water partition coefficient (Wildman–Crippen LogP) is 0.785. The molecule has 0 radical (unpaired) electrons. The largest absolute Gasteiger partial charge is 0.411 e. The zero-order chi connectivity index (χ0) is 12.5. The molecule has 0 aliphatic heterocycles. The lowest BCUT2D eigenvalue weighted by Gasteiger charge is -2.03. The van der Waals surface area contributed by atoms with Crippen LogP contribution in [0.1, 0.15) is 12.0 Å². The maximum absolute atomic E-state index is 11.2. The summed E-state index contributed by atoms with van der Waals surface area (Å²) in [7, 11) is 0. The van der Waals surface area contributed by atoms with Crippen LogP contribution in [0.5, 0.6) is 0 Å². The minimum Gasteiger partial charge on any atom is -0.411 e. The SMILES string of the molecule is NCCC#Cc1ccccc1NC(=O)C=NO. The molecule has 0 aromatic heterocycles. The van der Waals surface area contributed by atoms with Gasteiger partial charge in [-0.3, -0.25) is 4.79 Å². The Labute approximate surface area is 99.3 Å². The van der Waals surface area contributed by atoms with Crippen molar-refractivity contribution >= 4 is 17.8 Å². The van der Waals surface area contributed by atoms with E-state index in [-0.39, 0.29) is 0 Å². The van der Waals surface area contributed by atoms with E-state index >= 15 is 0 Å². The van der Waals surface area contributed by atoms with Crippen molar-refractivity contribution < 1.29 is 10.0 Å². The van der Waals surface area contributed by atoms with Gasteiger partial charge in [-0.2, -0.15) is 0 Å². The lowest BCUT2D eigenvalue weighted by Crippen LogP contribution is -2.13. The van der Waals surface area contributed by atoms with Gasteiger partial charge >= 0.3 is 0 Å². The number of anilines is 1. The fraction of sp³-hybridized carbons (Fsp3) is 0.167. The molecule has 0 fully saturated rings. The van der Waals surface area contributed by atoms with Gasteiger partial charge in [0.2, 0.25) is 0 Å². The van der Waals surface area contributed by atoms with Crippen molar-refractivity contribution in [2.45, 2.75) is 6.42 Å². The summed E-state index contributed by atoms with van der Waals surface area (Å²) < 4.78 is 0. The van der Waals surface area contributed by atoms with Crippen molar-refractivity contribution in [1.82, 2.24) is 0 Å². The summed E-state index contributed by atoms with van der Waals surface area (Å²) in [5.41, 5.74) is 6.60. The smallest absolute Gasteiger partial charge is 0.270 e. The van der Waals surface area contributed by atoms with Crippen LogP contribution >= 0.6 is 0 Å². The fourth-order valence-electron chi connectivity index (χ4n) is 1.15. The van der Waals surface area contributed by atoms with Crippen LogP contribution in [-0.4, -0.2) is 23.9 Å². The van der Waals surface area contributed by atoms with Gasteiger partial charge in [0.05, 0.1) is 5.69 Å². The molecule has 5 nitrogen and oxygen atoms in total. The highest BCUT2D eigenvalue weighted by Gasteiger charge is 2.02. The number of oxime groups is 1. The molecule has 5 heteroatoms. The van der Waals surface area contributed by atoms with Crippen LogP contribution in [0.3, 0.4) is 0 Å². The van der Waals surface area contributed by atoms with Crippen molar-refractivity contribution in [3.05, 3.63) is 29.8 Å². The third kappa shape index (κ3) is 4.36. The van der Waals surface area contributed by atoms with Crippen molar-refractivity contribution in [2.24, 2.45) is 10.9 Å². The number of para-hydroxylation sites is 1. The Morgan fingerprint density at radius 2 is 2.29 bits per heavy atom. The molecule has 4 N–H and O–H groups in total. The summed E-state index contributed by atoms with van der Waals surface area (Å²) in [6.45, 7) is 0.499. The molecule has 0 unspecified atom stereocenters. The lowest BCUT2D eigenvalue weighted by atomic mass is 10.1. The highest BCUT2D eigenvalue weighted by Crippen LogP contribution is 2.13. The van der Waals surface area contributed by atoms with E-state index in [2.05, 4.69) is 22.3 Å². The van der Waals surface area contributed by atoms with Crippen molar-refractivity contribution in [3.63, 3.8) is 0 Å². The summed E-state index contributed by atoms with van der Waals surface area (Å²) in [5, 5.41) is 13.4. The van der Waals surface area contributed by atoms with E-state index < -0.39 is 5.91 Å². The maximum atomic E-state index is 11.2. The molecule has 0 saturated heterocycles. The molecule has 1 aromatic rings. The standard InChI is InChI=1S/C12H13N3O2/c13-8-4-3-6-10-5-1-2-7-11(10)15-12(16)9-14-17/h1-2,5,7,9,17H,4,8,13H2,(H,15,16). The van der Waals surface area contributed by atoms with E-state index in [1.165, 1.54) is 0 Å². The Balaban J connectivity index is 2.85. The minimum atomic E-state index is -0.513. The molecule has 1 rings (SSSR count). The summed E-state index contributed by atoms with van der Waals surface area (Å²) in [6, 6.07) is 7.10. The minimum absolute atomic E-state index is 0.499. The zero-order valence-corrected chi connectivity index (χ0v) is 9.18. The number of rotatable bonds is 3. The molecule has 0 atom stereocenters. The Kier molecular flexibility index (Phi) is 5.28. The van der Waals surface area contributed by atoms with Crippen LogP contribution < -0.4 is 11.1 Å². The first kappa shape index (κ1) is 12.7. The Hall–Kier alpha value is -2.32. The summed E-state index contributed by atoms with van der Waals surface area (Å²) >= 11 is 0. The molecule has 0 aliphatic carbocycles. The molecule has 0 saturated carbocycles. The number of nitrogens with one attached hydrogen (secondary N) is 1. The van der Waals surface area contributed by atoms with Crippen molar-refractivity contribution in [3.8, 4) is 11.8 Å². The average Bonchev–Trinajstić information content (AvgIpc) is 2.32. The predicted molar refractivity (Wildman–Crippen MR) is 65.9 cm³/mol. The van der Waals surface area contributed by atoms with Gasteiger partial charge in [-0.15, -0.1) is 0 Å². The summed E-state index contributed by atoms with van der Waals surface area (Å²) in [5.74, 6) is 5.28. The second-order valence-corrected chi connectivity index (χ2v) is 3.12. The van der Waals surface area contributed by atoms with Crippen LogP contribution in [0.2, 0.25) is 0 Å². The van der Waals surface area contributed by atoms with Gasteiger partial charge in [-0.1, -0.05) is 29.1 Å². The van der Waals surface area contributed by atoms with E-state index in [9.17, 15) is 4.79 Å². The highest BCUT2D eigenvalue weighted by molar-refractivity contribution is 6.31. The molecule has 1 amide bonds. The number of amides is 1. The van der Waals surface area contributed by atoms with Crippen molar-refractivity contribution in [1.29, 1.82) is 0 Å². The molecule has 0 aliphatic rings. The van der Waals surface area contributed by atoms with Gasteiger partial charge < -0.3 is 16.3 Å². The van der Waals surface area contributed by atoms with E-state index in [0.717, 1.165) is 6.21 Å². The second kappa shape index (κ2) is 7.04. The monoisotopic (exact) mass is 231 g/mol. The van der Waals surface area contributed by atoms with E-state index in [1.807, 2.05) is 6.07 Å². The molecule has 0 heterocycles. The van der Waals surface area contributed by atoms with Gasteiger partial charge in [0.15, 0.2) is 0 Å². The lowest BCUT2D eigenvalue weighted by molar-refractivity contribution is -0.110. The first-order valence-electron chi connectivity index (χ1n) is 5.04. The second-order valence-electron chi connectivity index (χ2n) is 3.12. The van der Waals surface area contributed by atoms with Gasteiger partial charge in [-0.05, 0) is 12.1 Å². The number of carbonyl (C=O) groups excluding carboxylic acids is 1. The number of benzene rings is 1. The van der Waals surface area contributed by atoms with Crippen LogP contribution in [-0.2, 0) is 4.79 Å². The Bertz CT molecular complexity index is 472. The molecule has 1 aromatic carbocycles. The fourth-order valence-corrected chi connectivity index (χ4v) is 1.15. The third-order valence-electron chi connectivity index (χ3n) is 1.85. The number of nitrogens with two attached hydrogens (primary N) is 1.